The molecule has 2 nitrogen and oxygen atoms in total. The number of hydrogen-bond acceptors (Lipinski definition) is 3. The second-order valence-electron chi connectivity index (χ2n) is 3.87. The fraction of sp³-hybridized carbons (Fsp3) is 0. The number of nitrogens with two attached hydrogens (primary N) is 1. The van der Waals surface area contributed by atoms with Gasteiger partial charge in [-0.2, -0.15) is 0 Å². The molecule has 0 saturated carbocycles. The molecule has 0 amide bonds. The SMILES string of the molecule is Nc1ccc(F)c(-c2nc3cc(F)ccc3s2)c1. The van der Waals surface area contributed by atoms with Crippen LogP contribution in [0.2, 0.25) is 0 Å². The van der Waals surface area contributed by atoms with Gasteiger partial charge >= 0.3 is 0 Å². The van der Waals surface area contributed by atoms with Crippen molar-refractivity contribution in [2.24, 2.45) is 0 Å². The molecule has 0 aliphatic carbocycles. The third-order valence-corrected chi connectivity index (χ3v) is 3.64. The number of thiazole rings is 1. The monoisotopic (exact) mass is 262 g/mol. The number of benzene rings is 2. The molecular weight excluding hydrogens is 254 g/mol. The molecule has 0 fully saturated rings. The summed E-state index contributed by atoms with van der Waals surface area (Å²) in [6, 6.07) is 8.65. The van der Waals surface area contributed by atoms with Gasteiger partial charge in [0.2, 0.25) is 0 Å². The fourth-order valence-corrected chi connectivity index (χ4v) is 2.69. The second kappa shape index (κ2) is 4.03. The van der Waals surface area contributed by atoms with E-state index in [9.17, 15) is 8.78 Å². The summed E-state index contributed by atoms with van der Waals surface area (Å²) in [7, 11) is 0. The van der Waals surface area contributed by atoms with E-state index in [4.69, 9.17) is 5.73 Å². The Morgan fingerprint density at radius 2 is 1.89 bits per heavy atom. The molecule has 0 aliphatic heterocycles. The Morgan fingerprint density at radius 3 is 2.72 bits per heavy atom. The van der Waals surface area contributed by atoms with E-state index in [1.807, 2.05) is 0 Å². The largest absolute Gasteiger partial charge is 0.399 e. The summed E-state index contributed by atoms with van der Waals surface area (Å²) in [6.07, 6.45) is 0. The first kappa shape index (κ1) is 11.1. The van der Waals surface area contributed by atoms with Crippen molar-refractivity contribution in [3.63, 3.8) is 0 Å². The number of nitrogen functional groups attached to an aromatic ring is 1. The molecule has 0 unspecified atom stereocenters. The van der Waals surface area contributed by atoms with Gasteiger partial charge in [0, 0.05) is 17.3 Å². The average molecular weight is 262 g/mol. The zero-order chi connectivity index (χ0) is 12.7. The lowest BCUT2D eigenvalue weighted by Crippen LogP contribution is -1.88. The summed E-state index contributed by atoms with van der Waals surface area (Å²) in [5, 5.41) is 0.500. The summed E-state index contributed by atoms with van der Waals surface area (Å²) >= 11 is 1.31. The second-order valence-corrected chi connectivity index (χ2v) is 4.90. The Bertz CT molecular complexity index is 737. The van der Waals surface area contributed by atoms with Gasteiger partial charge in [-0.15, -0.1) is 11.3 Å². The highest BCUT2D eigenvalue weighted by Crippen LogP contribution is 2.32. The molecule has 2 aromatic carbocycles. The molecule has 0 spiro atoms. The number of halogens is 2. The van der Waals surface area contributed by atoms with Crippen LogP contribution in [-0.2, 0) is 0 Å². The molecule has 3 aromatic rings. The predicted octanol–water partition coefficient (Wildman–Crippen LogP) is 3.82. The number of rotatable bonds is 1. The van der Waals surface area contributed by atoms with Gasteiger partial charge < -0.3 is 5.73 Å². The number of nitrogens with zero attached hydrogens (tertiary/aromatic N) is 1. The van der Waals surface area contributed by atoms with Gasteiger partial charge in [-0.3, -0.25) is 0 Å². The lowest BCUT2D eigenvalue weighted by atomic mass is 10.2. The third-order valence-electron chi connectivity index (χ3n) is 2.57. The van der Waals surface area contributed by atoms with E-state index in [2.05, 4.69) is 4.98 Å². The molecule has 90 valence electrons. The lowest BCUT2D eigenvalue weighted by molar-refractivity contribution is 0.629. The molecule has 3 rings (SSSR count). The van der Waals surface area contributed by atoms with E-state index in [-0.39, 0.29) is 11.6 Å². The average Bonchev–Trinajstić information content (AvgIpc) is 2.74. The van der Waals surface area contributed by atoms with E-state index in [0.29, 0.717) is 21.8 Å². The molecule has 18 heavy (non-hydrogen) atoms. The van der Waals surface area contributed by atoms with Crippen LogP contribution in [0.25, 0.3) is 20.8 Å². The predicted molar refractivity (Wildman–Crippen MR) is 69.4 cm³/mol. The Kier molecular flexibility index (Phi) is 2.48. The van der Waals surface area contributed by atoms with Crippen LogP contribution in [0, 0.1) is 11.6 Å². The first-order valence-corrected chi connectivity index (χ1v) is 6.06. The molecule has 0 atom stereocenters. The van der Waals surface area contributed by atoms with Crippen molar-refractivity contribution in [3.8, 4) is 10.6 Å². The Hall–Kier alpha value is -2.01. The van der Waals surface area contributed by atoms with E-state index in [0.717, 1.165) is 4.70 Å². The van der Waals surface area contributed by atoms with Crippen LogP contribution < -0.4 is 5.73 Å². The quantitative estimate of drug-likeness (QED) is 0.677. The van der Waals surface area contributed by atoms with Crippen LogP contribution in [0.15, 0.2) is 36.4 Å². The van der Waals surface area contributed by atoms with Gasteiger partial charge in [0.05, 0.1) is 10.2 Å². The zero-order valence-electron chi connectivity index (χ0n) is 9.15. The van der Waals surface area contributed by atoms with Crippen LogP contribution >= 0.6 is 11.3 Å². The molecule has 0 aliphatic rings. The zero-order valence-corrected chi connectivity index (χ0v) is 9.97. The molecule has 1 aromatic heterocycles. The maximum absolute atomic E-state index is 13.7. The van der Waals surface area contributed by atoms with Crippen molar-refractivity contribution in [3.05, 3.63) is 48.0 Å². The maximum atomic E-state index is 13.7. The van der Waals surface area contributed by atoms with Crippen molar-refractivity contribution < 1.29 is 8.78 Å². The van der Waals surface area contributed by atoms with Crippen LogP contribution in [0.3, 0.4) is 0 Å². The minimum Gasteiger partial charge on any atom is -0.399 e. The van der Waals surface area contributed by atoms with Gasteiger partial charge in [0.1, 0.15) is 16.6 Å². The van der Waals surface area contributed by atoms with Crippen molar-refractivity contribution in [1.82, 2.24) is 4.98 Å². The normalized spacial score (nSPS) is 11.0. The Labute approximate surface area is 106 Å². The molecule has 0 saturated heterocycles. The third kappa shape index (κ3) is 1.82. The molecule has 0 radical (unpaired) electrons. The first-order chi connectivity index (χ1) is 8.63. The summed E-state index contributed by atoms with van der Waals surface area (Å²) in [4.78, 5) is 4.23. The molecular formula is C13H8F2N2S. The first-order valence-electron chi connectivity index (χ1n) is 5.25. The summed E-state index contributed by atoms with van der Waals surface area (Å²) < 4.78 is 27.6. The van der Waals surface area contributed by atoms with E-state index in [1.165, 1.54) is 41.7 Å². The van der Waals surface area contributed by atoms with Crippen molar-refractivity contribution >= 4 is 27.2 Å². The highest BCUT2D eigenvalue weighted by atomic mass is 32.1. The number of anilines is 1. The standard InChI is InChI=1S/C13H8F2N2S/c14-7-1-4-12-11(5-7)17-13(18-12)9-6-8(16)2-3-10(9)15/h1-6H,16H2. The van der Waals surface area contributed by atoms with E-state index in [1.54, 1.807) is 6.07 Å². The topological polar surface area (TPSA) is 38.9 Å². The minimum atomic E-state index is -0.385. The lowest BCUT2D eigenvalue weighted by Gasteiger charge is -1.99. The van der Waals surface area contributed by atoms with Crippen LogP contribution in [0.4, 0.5) is 14.5 Å². The minimum absolute atomic E-state index is 0.344. The van der Waals surface area contributed by atoms with Gasteiger partial charge in [-0.25, -0.2) is 13.8 Å². The summed E-state index contributed by atoms with van der Waals surface area (Å²) in [5.74, 6) is -0.740. The number of hydrogen-bond donors (Lipinski definition) is 1. The highest BCUT2D eigenvalue weighted by Gasteiger charge is 2.11. The van der Waals surface area contributed by atoms with Crippen molar-refractivity contribution in [2.45, 2.75) is 0 Å². The number of fused-ring (bicyclic) bond motifs is 1. The molecule has 2 N–H and O–H groups in total. The fourth-order valence-electron chi connectivity index (χ4n) is 1.72. The summed E-state index contributed by atoms with van der Waals surface area (Å²) in [6.45, 7) is 0. The van der Waals surface area contributed by atoms with Crippen LogP contribution in [0.1, 0.15) is 0 Å². The van der Waals surface area contributed by atoms with E-state index >= 15 is 0 Å². The van der Waals surface area contributed by atoms with Crippen molar-refractivity contribution in [2.75, 3.05) is 5.73 Å². The van der Waals surface area contributed by atoms with E-state index < -0.39 is 0 Å². The van der Waals surface area contributed by atoms with Crippen molar-refractivity contribution in [1.29, 1.82) is 0 Å². The van der Waals surface area contributed by atoms with Crippen LogP contribution in [0.5, 0.6) is 0 Å². The smallest absolute Gasteiger partial charge is 0.133 e. The molecule has 5 heteroatoms. The van der Waals surface area contributed by atoms with Gasteiger partial charge in [-0.1, -0.05) is 0 Å². The Morgan fingerprint density at radius 1 is 1.06 bits per heavy atom. The summed E-state index contributed by atoms with van der Waals surface area (Å²) in [5.41, 5.74) is 6.97. The molecule has 0 bridgehead atoms. The Balaban J connectivity index is 2.22. The van der Waals surface area contributed by atoms with Gasteiger partial charge in [0.25, 0.3) is 0 Å². The van der Waals surface area contributed by atoms with Crippen LogP contribution in [-0.4, -0.2) is 4.98 Å². The number of aromatic nitrogens is 1. The maximum Gasteiger partial charge on any atom is 0.133 e. The molecule has 1 heterocycles. The van der Waals surface area contributed by atoms with Gasteiger partial charge in [-0.05, 0) is 30.3 Å². The van der Waals surface area contributed by atoms with Gasteiger partial charge in [0.15, 0.2) is 0 Å². The highest BCUT2D eigenvalue weighted by molar-refractivity contribution is 7.21.